The number of carbonyl (C=O) groups excluding carboxylic acids is 2. The Hall–Kier alpha value is -1.88. The Bertz CT molecular complexity index is 722. The smallest absolute Gasteiger partial charge is 0.254 e. The highest BCUT2D eigenvalue weighted by molar-refractivity contribution is 14.0. The standard InChI is InChI=1S/C21H31N5O3.HI/c1-22-21(24-9-2-12-29-15-17-3-4-17)25-13-16-5-7-18(8-6-16)20(28)26-11-10-23-19(27)14-26;/h5-8,17H,2-4,9-15H2,1H3,(H,23,27)(H2,22,24,25);1H. The van der Waals surface area contributed by atoms with Gasteiger partial charge >= 0.3 is 0 Å². The van der Waals surface area contributed by atoms with Crippen molar-refractivity contribution < 1.29 is 14.3 Å². The van der Waals surface area contributed by atoms with Crippen LogP contribution in [-0.4, -0.2) is 69.1 Å². The van der Waals surface area contributed by atoms with Crippen LogP contribution in [0.4, 0.5) is 0 Å². The minimum Gasteiger partial charge on any atom is -0.381 e. The van der Waals surface area contributed by atoms with E-state index in [2.05, 4.69) is 20.9 Å². The Kier molecular flexibility index (Phi) is 10.4. The number of ether oxygens (including phenoxy) is 1. The molecule has 166 valence electrons. The zero-order valence-electron chi connectivity index (χ0n) is 17.5. The molecule has 1 saturated heterocycles. The summed E-state index contributed by atoms with van der Waals surface area (Å²) < 4.78 is 5.63. The number of aliphatic imine (C=N–C) groups is 1. The first kappa shape index (κ1) is 24.4. The van der Waals surface area contributed by atoms with E-state index in [9.17, 15) is 9.59 Å². The van der Waals surface area contributed by atoms with Crippen LogP contribution in [0.2, 0.25) is 0 Å². The molecule has 3 N–H and O–H groups in total. The molecule has 0 spiro atoms. The van der Waals surface area contributed by atoms with Crippen molar-refractivity contribution in [1.82, 2.24) is 20.9 Å². The largest absolute Gasteiger partial charge is 0.381 e. The van der Waals surface area contributed by atoms with E-state index in [0.717, 1.165) is 43.6 Å². The third kappa shape index (κ3) is 8.10. The Morgan fingerprint density at radius 1 is 1.27 bits per heavy atom. The molecule has 2 fully saturated rings. The molecule has 0 aromatic heterocycles. The molecule has 0 bridgehead atoms. The first-order valence-corrected chi connectivity index (χ1v) is 10.3. The van der Waals surface area contributed by atoms with E-state index in [0.29, 0.717) is 25.2 Å². The first-order chi connectivity index (χ1) is 14.2. The lowest BCUT2D eigenvalue weighted by Gasteiger charge is -2.26. The minimum absolute atomic E-state index is 0. The van der Waals surface area contributed by atoms with Gasteiger partial charge in [-0.3, -0.25) is 14.6 Å². The predicted molar refractivity (Wildman–Crippen MR) is 127 cm³/mol. The maximum Gasteiger partial charge on any atom is 0.254 e. The molecule has 0 unspecified atom stereocenters. The molecule has 1 aliphatic carbocycles. The molecular formula is C21H32IN5O3. The van der Waals surface area contributed by atoms with E-state index < -0.39 is 0 Å². The molecule has 2 amide bonds. The molecule has 8 nitrogen and oxygen atoms in total. The average Bonchev–Trinajstić information content (AvgIpc) is 3.57. The van der Waals surface area contributed by atoms with Crippen molar-refractivity contribution in [3.05, 3.63) is 35.4 Å². The molecule has 1 aromatic carbocycles. The molecule has 3 rings (SSSR count). The molecule has 2 aliphatic rings. The zero-order valence-corrected chi connectivity index (χ0v) is 19.8. The number of halogens is 1. The molecule has 1 aliphatic heterocycles. The highest BCUT2D eigenvalue weighted by Gasteiger charge is 2.22. The van der Waals surface area contributed by atoms with E-state index in [-0.39, 0.29) is 42.3 Å². The van der Waals surface area contributed by atoms with Crippen molar-refractivity contribution in [3.63, 3.8) is 0 Å². The van der Waals surface area contributed by atoms with Crippen LogP contribution in [0.1, 0.15) is 35.2 Å². The van der Waals surface area contributed by atoms with Crippen LogP contribution in [0, 0.1) is 5.92 Å². The summed E-state index contributed by atoms with van der Waals surface area (Å²) in [5.41, 5.74) is 1.64. The quantitative estimate of drug-likeness (QED) is 0.195. The maximum atomic E-state index is 12.5. The Morgan fingerprint density at radius 2 is 2.03 bits per heavy atom. The minimum atomic E-state index is -0.112. The van der Waals surface area contributed by atoms with Crippen LogP contribution in [0.25, 0.3) is 0 Å². The van der Waals surface area contributed by atoms with Gasteiger partial charge in [0.05, 0.1) is 6.54 Å². The normalized spacial score (nSPS) is 16.5. The van der Waals surface area contributed by atoms with Crippen LogP contribution in [0.3, 0.4) is 0 Å². The second kappa shape index (κ2) is 12.7. The van der Waals surface area contributed by atoms with Gasteiger partial charge in [0.2, 0.25) is 5.91 Å². The lowest BCUT2D eigenvalue weighted by atomic mass is 10.1. The van der Waals surface area contributed by atoms with E-state index in [1.54, 1.807) is 24.1 Å². The average molecular weight is 529 g/mol. The second-order valence-corrected chi connectivity index (χ2v) is 7.50. The third-order valence-corrected chi connectivity index (χ3v) is 5.02. The van der Waals surface area contributed by atoms with Crippen LogP contribution >= 0.6 is 24.0 Å². The lowest BCUT2D eigenvalue weighted by Crippen LogP contribution is -2.49. The number of nitrogens with zero attached hydrogens (tertiary/aromatic N) is 2. The van der Waals surface area contributed by atoms with Gasteiger partial charge in [0.15, 0.2) is 5.96 Å². The topological polar surface area (TPSA) is 95.1 Å². The summed E-state index contributed by atoms with van der Waals surface area (Å²) in [7, 11) is 1.75. The Labute approximate surface area is 195 Å². The Morgan fingerprint density at radius 3 is 2.70 bits per heavy atom. The van der Waals surface area contributed by atoms with E-state index in [4.69, 9.17) is 4.74 Å². The third-order valence-electron chi connectivity index (χ3n) is 5.02. The number of hydrogen-bond donors (Lipinski definition) is 3. The van der Waals surface area contributed by atoms with Crippen molar-refractivity contribution in [2.45, 2.75) is 25.8 Å². The Balaban J connectivity index is 0.00000320. The fraction of sp³-hybridized carbons (Fsp3) is 0.571. The second-order valence-electron chi connectivity index (χ2n) is 7.50. The van der Waals surface area contributed by atoms with Gasteiger partial charge in [-0.2, -0.15) is 0 Å². The summed E-state index contributed by atoms with van der Waals surface area (Å²) in [4.78, 5) is 29.8. The van der Waals surface area contributed by atoms with Gasteiger partial charge in [-0.1, -0.05) is 12.1 Å². The number of benzene rings is 1. The molecule has 9 heteroatoms. The van der Waals surface area contributed by atoms with Crippen LogP contribution in [0.5, 0.6) is 0 Å². The molecule has 0 atom stereocenters. The lowest BCUT2D eigenvalue weighted by molar-refractivity contribution is -0.123. The summed E-state index contributed by atoms with van der Waals surface area (Å²) in [5, 5.41) is 9.28. The van der Waals surface area contributed by atoms with Gasteiger partial charge in [-0.25, -0.2) is 0 Å². The molecule has 30 heavy (non-hydrogen) atoms. The van der Waals surface area contributed by atoms with Gasteiger partial charge in [0.1, 0.15) is 0 Å². The summed E-state index contributed by atoms with van der Waals surface area (Å²) in [6.07, 6.45) is 3.58. The van der Waals surface area contributed by atoms with Crippen LogP contribution in [-0.2, 0) is 16.1 Å². The van der Waals surface area contributed by atoms with Gasteiger partial charge in [-0.05, 0) is 42.9 Å². The number of piperazine rings is 1. The number of carbonyl (C=O) groups is 2. The summed E-state index contributed by atoms with van der Waals surface area (Å²) in [5.74, 6) is 1.32. The van der Waals surface area contributed by atoms with Gasteiger partial charge in [0.25, 0.3) is 5.91 Å². The van der Waals surface area contributed by atoms with Gasteiger partial charge in [0, 0.05) is 52.0 Å². The van der Waals surface area contributed by atoms with Crippen molar-refractivity contribution in [3.8, 4) is 0 Å². The van der Waals surface area contributed by atoms with Crippen molar-refractivity contribution in [1.29, 1.82) is 0 Å². The summed E-state index contributed by atoms with van der Waals surface area (Å²) >= 11 is 0. The van der Waals surface area contributed by atoms with Crippen molar-refractivity contribution in [2.75, 3.05) is 46.4 Å². The maximum absolute atomic E-state index is 12.5. The number of amides is 2. The highest BCUT2D eigenvalue weighted by atomic mass is 127. The van der Waals surface area contributed by atoms with Gasteiger partial charge < -0.3 is 25.6 Å². The highest BCUT2D eigenvalue weighted by Crippen LogP contribution is 2.28. The fourth-order valence-corrected chi connectivity index (χ4v) is 3.08. The van der Waals surface area contributed by atoms with E-state index in [1.165, 1.54) is 12.8 Å². The number of guanidine groups is 1. The predicted octanol–water partition coefficient (Wildman–Crippen LogP) is 1.36. The van der Waals surface area contributed by atoms with Gasteiger partial charge in [-0.15, -0.1) is 24.0 Å². The molecule has 1 aromatic rings. The van der Waals surface area contributed by atoms with E-state index >= 15 is 0 Å². The zero-order chi connectivity index (χ0) is 20.5. The number of nitrogens with one attached hydrogen (secondary N) is 3. The molecule has 1 saturated carbocycles. The van der Waals surface area contributed by atoms with Crippen molar-refractivity contribution in [2.24, 2.45) is 10.9 Å². The number of rotatable bonds is 9. The molecule has 1 heterocycles. The summed E-state index contributed by atoms with van der Waals surface area (Å²) in [6, 6.07) is 7.45. The van der Waals surface area contributed by atoms with Crippen molar-refractivity contribution >= 4 is 41.8 Å². The molecular weight excluding hydrogens is 497 g/mol. The fourth-order valence-electron chi connectivity index (χ4n) is 3.08. The van der Waals surface area contributed by atoms with Crippen LogP contribution < -0.4 is 16.0 Å². The first-order valence-electron chi connectivity index (χ1n) is 10.3. The SMILES string of the molecule is CN=C(NCCCOCC1CC1)NCc1ccc(C(=O)N2CCNC(=O)C2)cc1.I. The monoisotopic (exact) mass is 529 g/mol. The van der Waals surface area contributed by atoms with Crippen LogP contribution in [0.15, 0.2) is 29.3 Å². The number of hydrogen-bond acceptors (Lipinski definition) is 4. The van der Waals surface area contributed by atoms with E-state index in [1.807, 2.05) is 12.1 Å². The molecule has 0 radical (unpaired) electrons. The summed E-state index contributed by atoms with van der Waals surface area (Å²) in [6.45, 7) is 4.26.